The molecule has 0 aromatic heterocycles. The molecule has 3 N–H and O–H groups in total. The number of allylic oxidation sites excluding steroid dienone is 28. The van der Waals surface area contributed by atoms with Gasteiger partial charge in [-0.2, -0.15) is 0 Å². The van der Waals surface area contributed by atoms with Crippen LogP contribution in [0.25, 0.3) is 0 Å². The van der Waals surface area contributed by atoms with Gasteiger partial charge >= 0.3 is 39.5 Å². The molecular weight excluding hydrogens is 1400 g/mol. The number of rotatable bonds is 76. The van der Waals surface area contributed by atoms with Crippen LogP contribution in [0.2, 0.25) is 0 Å². The van der Waals surface area contributed by atoms with Crippen LogP contribution in [-0.2, 0) is 65.4 Å². The molecule has 19 heteroatoms. The van der Waals surface area contributed by atoms with Crippen LogP contribution in [-0.4, -0.2) is 96.7 Å². The van der Waals surface area contributed by atoms with E-state index in [4.69, 9.17) is 37.0 Å². The highest BCUT2D eigenvalue weighted by atomic mass is 31.2. The summed E-state index contributed by atoms with van der Waals surface area (Å²) in [6, 6.07) is 0. The molecule has 108 heavy (non-hydrogen) atoms. The van der Waals surface area contributed by atoms with E-state index in [0.717, 1.165) is 186 Å². The Morgan fingerprint density at radius 1 is 0.269 bits per heavy atom. The Labute approximate surface area is 654 Å². The van der Waals surface area contributed by atoms with Gasteiger partial charge in [-0.15, -0.1) is 0 Å². The molecule has 0 saturated carbocycles. The Bertz CT molecular complexity index is 2710. The van der Waals surface area contributed by atoms with Crippen LogP contribution < -0.4 is 0 Å². The lowest BCUT2D eigenvalue weighted by atomic mass is 10.1. The molecule has 0 saturated heterocycles. The van der Waals surface area contributed by atoms with Crippen molar-refractivity contribution < 1.29 is 80.2 Å². The van der Waals surface area contributed by atoms with E-state index in [-0.39, 0.29) is 25.7 Å². The minimum Gasteiger partial charge on any atom is -0.462 e. The van der Waals surface area contributed by atoms with Gasteiger partial charge in [0.1, 0.15) is 19.3 Å². The van der Waals surface area contributed by atoms with Gasteiger partial charge in [0.2, 0.25) is 0 Å². The van der Waals surface area contributed by atoms with E-state index in [1.54, 1.807) is 0 Å². The van der Waals surface area contributed by atoms with E-state index in [1.807, 2.05) is 18.2 Å². The average molecular weight is 1550 g/mol. The van der Waals surface area contributed by atoms with Crippen LogP contribution in [0.4, 0.5) is 0 Å². The van der Waals surface area contributed by atoms with E-state index in [2.05, 4.69) is 180 Å². The van der Waals surface area contributed by atoms with E-state index >= 15 is 0 Å². The summed E-state index contributed by atoms with van der Waals surface area (Å²) in [5.41, 5.74) is 0. The standard InChI is InChI=1S/C89H146O17P2/c1-5-9-13-17-21-25-29-33-37-39-41-43-47-50-54-58-62-66-70-74-87(92)100-80-85(106-89(94)76-72-68-64-60-56-52-48-44-42-40-38-34-30-26-22-18-14-10-6-2)82-104-108(97,98)102-78-83(90)77-101-107(95,96)103-81-84(105-88(93)75-71-67-63-59-55-51-46-36-32-28-24-20-16-12-8-4)79-99-86(91)73-69-65-61-57-53-49-45-35-31-27-23-19-15-11-7-3/h9-11,13-15,21-23,25-27,33-38,41-46,50,54,62,66,83-85,90H,5-8,12,16-20,24,28-32,39-40,47-49,51-53,55-61,63-65,67-82H2,1-4H3,(H,95,96)(H,97,98)/b13-9-,14-10-,15-11-,25-21-,26-22-,27-23-,37-33-,38-34-,43-41-,44-42-,45-35-,46-36-,54-50-,66-62-. The maximum Gasteiger partial charge on any atom is 0.472 e. The Morgan fingerprint density at radius 2 is 0.500 bits per heavy atom. The second kappa shape index (κ2) is 79.5. The number of hydrogen-bond donors (Lipinski definition) is 3. The Kier molecular flexibility index (Phi) is 75.4. The van der Waals surface area contributed by atoms with Crippen molar-refractivity contribution in [2.24, 2.45) is 0 Å². The van der Waals surface area contributed by atoms with E-state index in [0.29, 0.717) is 32.1 Å². The van der Waals surface area contributed by atoms with E-state index in [9.17, 15) is 43.2 Å². The summed E-state index contributed by atoms with van der Waals surface area (Å²) >= 11 is 0. The van der Waals surface area contributed by atoms with Gasteiger partial charge in [-0.3, -0.25) is 37.3 Å². The average Bonchev–Trinajstić information content (AvgIpc) is 0.896. The van der Waals surface area contributed by atoms with E-state index < -0.39 is 97.5 Å². The molecule has 0 aromatic carbocycles. The zero-order valence-electron chi connectivity index (χ0n) is 67.2. The second-order valence-corrected chi connectivity index (χ2v) is 29.8. The third-order valence-corrected chi connectivity index (χ3v) is 18.6. The lowest BCUT2D eigenvalue weighted by Gasteiger charge is -2.21. The number of phosphoric acid groups is 2. The van der Waals surface area contributed by atoms with Crippen molar-refractivity contribution in [3.8, 4) is 0 Å². The molecule has 0 aliphatic carbocycles. The number of carbonyl (C=O) groups is 4. The van der Waals surface area contributed by atoms with E-state index in [1.165, 1.54) is 38.5 Å². The summed E-state index contributed by atoms with van der Waals surface area (Å²) in [6.45, 7) is 4.41. The number of hydrogen-bond acceptors (Lipinski definition) is 15. The fourth-order valence-corrected chi connectivity index (χ4v) is 12.1. The normalized spacial score (nSPS) is 14.7. The number of phosphoric ester groups is 2. The van der Waals surface area contributed by atoms with Crippen molar-refractivity contribution in [2.45, 2.75) is 329 Å². The Balaban J connectivity index is 5.49. The number of aliphatic hydroxyl groups is 1. The third-order valence-electron chi connectivity index (χ3n) is 16.7. The molecule has 5 atom stereocenters. The monoisotopic (exact) mass is 1550 g/mol. The maximum atomic E-state index is 13.1. The molecule has 5 unspecified atom stereocenters. The van der Waals surface area contributed by atoms with Crippen molar-refractivity contribution in [3.05, 3.63) is 170 Å². The Morgan fingerprint density at radius 3 is 0.806 bits per heavy atom. The molecule has 0 spiro atoms. The van der Waals surface area contributed by atoms with Gasteiger partial charge in [-0.05, 0) is 161 Å². The number of unbranched alkanes of at least 4 members (excludes halogenated alkanes) is 22. The van der Waals surface area contributed by atoms with Crippen molar-refractivity contribution in [3.63, 3.8) is 0 Å². The second-order valence-electron chi connectivity index (χ2n) is 26.9. The van der Waals surface area contributed by atoms with Crippen LogP contribution in [0.3, 0.4) is 0 Å². The van der Waals surface area contributed by atoms with Crippen molar-refractivity contribution in [1.82, 2.24) is 0 Å². The van der Waals surface area contributed by atoms with Crippen LogP contribution in [0.1, 0.15) is 310 Å². The summed E-state index contributed by atoms with van der Waals surface area (Å²) < 4.78 is 68.6. The number of aliphatic hydroxyl groups excluding tert-OH is 1. The summed E-state index contributed by atoms with van der Waals surface area (Å²) in [5, 5.41) is 10.7. The zero-order chi connectivity index (χ0) is 78.9. The number of carbonyl (C=O) groups excluding carboxylic acids is 4. The first-order valence-corrected chi connectivity index (χ1v) is 44.4. The fraction of sp³-hybridized carbons (Fsp3) is 0.640. The molecule has 0 aliphatic rings. The number of esters is 4. The van der Waals surface area contributed by atoms with Gasteiger partial charge in [0.25, 0.3) is 0 Å². The largest absolute Gasteiger partial charge is 0.472 e. The summed E-state index contributed by atoms with van der Waals surface area (Å²) in [6.07, 6.45) is 94.8. The van der Waals surface area contributed by atoms with Crippen molar-refractivity contribution >= 4 is 39.5 Å². The smallest absolute Gasteiger partial charge is 0.462 e. The van der Waals surface area contributed by atoms with Crippen LogP contribution in [0.15, 0.2) is 170 Å². The molecular formula is C89H146O17P2. The first-order chi connectivity index (χ1) is 52.7. The highest BCUT2D eigenvalue weighted by Crippen LogP contribution is 2.45. The fourth-order valence-electron chi connectivity index (χ4n) is 10.5. The molecule has 0 rings (SSSR count). The van der Waals surface area contributed by atoms with Crippen LogP contribution in [0, 0.1) is 0 Å². The molecule has 0 bridgehead atoms. The minimum absolute atomic E-state index is 0.0266. The van der Waals surface area contributed by atoms with Crippen molar-refractivity contribution in [2.75, 3.05) is 39.6 Å². The maximum absolute atomic E-state index is 13.1. The van der Waals surface area contributed by atoms with Gasteiger partial charge in [0.15, 0.2) is 12.2 Å². The Hall–Kier alpha value is -5.58. The highest BCUT2D eigenvalue weighted by Gasteiger charge is 2.30. The number of ether oxygens (including phenoxy) is 4. The van der Waals surface area contributed by atoms with Crippen LogP contribution in [0.5, 0.6) is 0 Å². The zero-order valence-corrected chi connectivity index (χ0v) is 69.0. The third kappa shape index (κ3) is 78.5. The molecule has 0 aliphatic heterocycles. The lowest BCUT2D eigenvalue weighted by Crippen LogP contribution is -2.30. The van der Waals surface area contributed by atoms with Gasteiger partial charge in [0.05, 0.1) is 26.4 Å². The quantitative estimate of drug-likeness (QED) is 0.0169. The summed E-state index contributed by atoms with van der Waals surface area (Å²) in [7, 11) is -10.0. The predicted octanol–water partition coefficient (Wildman–Crippen LogP) is 24.6. The van der Waals surface area contributed by atoms with Crippen molar-refractivity contribution in [1.29, 1.82) is 0 Å². The summed E-state index contributed by atoms with van der Waals surface area (Å²) in [5.74, 6) is -2.32. The van der Waals surface area contributed by atoms with Gasteiger partial charge < -0.3 is 33.8 Å². The first kappa shape index (κ1) is 102. The van der Waals surface area contributed by atoms with Gasteiger partial charge in [0, 0.05) is 25.7 Å². The first-order valence-electron chi connectivity index (χ1n) is 41.4. The van der Waals surface area contributed by atoms with Gasteiger partial charge in [-0.1, -0.05) is 294 Å². The molecule has 614 valence electrons. The van der Waals surface area contributed by atoms with Gasteiger partial charge in [-0.25, -0.2) is 9.13 Å². The molecule has 17 nitrogen and oxygen atoms in total. The predicted molar refractivity (Wildman–Crippen MR) is 445 cm³/mol. The minimum atomic E-state index is -5.01. The molecule has 0 aromatic rings. The molecule has 0 radical (unpaired) electrons. The highest BCUT2D eigenvalue weighted by molar-refractivity contribution is 7.47. The molecule has 0 amide bonds. The van der Waals surface area contributed by atoms with Crippen LogP contribution >= 0.6 is 15.6 Å². The molecule has 0 heterocycles. The SMILES string of the molecule is CC/C=C\C/C=C\C/C=C\C/C=C\C/C=C\C/C=C\CCC(=O)OCC(COP(=O)(O)OCC(O)COP(=O)(O)OCC(COC(=O)CCCCCCC/C=C\C/C=C\C/C=C\CC)OC(=O)CCCCCCC/C=C\CCCCCCCC)OC(=O)CCCCCCCC/C=C\C/C=C\C/C=C\C/C=C\CC. The topological polar surface area (TPSA) is 237 Å². The lowest BCUT2D eigenvalue weighted by molar-refractivity contribution is -0.161. The summed E-state index contributed by atoms with van der Waals surface area (Å²) in [4.78, 5) is 73.1. The molecule has 0 fully saturated rings.